The smallest absolute Gasteiger partial charge is 0.104 e. The molecule has 0 amide bonds. The van der Waals surface area contributed by atoms with E-state index >= 15 is 0 Å². The largest absolute Gasteiger partial charge is 0.327 e. The molecule has 0 aliphatic rings. The monoisotopic (exact) mass is 220 g/mol. The highest BCUT2D eigenvalue weighted by molar-refractivity contribution is 5.49. The maximum Gasteiger partial charge on any atom is 0.104 e. The minimum absolute atomic E-state index is 0.990. The number of quaternary nitrogens is 1. The van der Waals surface area contributed by atoms with Gasteiger partial charge in [-0.05, 0) is 62.4 Å². The normalized spacial score (nSPS) is 12.0. The van der Waals surface area contributed by atoms with Gasteiger partial charge in [0.2, 0.25) is 0 Å². The Morgan fingerprint density at radius 3 is 1.25 bits per heavy atom. The van der Waals surface area contributed by atoms with Crippen LogP contribution < -0.4 is 0 Å². The van der Waals surface area contributed by atoms with Gasteiger partial charge in [-0.15, -0.1) is 0 Å². The minimum atomic E-state index is 0.990. The molecule has 0 radical (unpaired) electrons. The Labute approximate surface area is 101 Å². The van der Waals surface area contributed by atoms with E-state index in [2.05, 4.69) is 55.8 Å². The van der Waals surface area contributed by atoms with E-state index in [-0.39, 0.29) is 0 Å². The van der Waals surface area contributed by atoms with Crippen molar-refractivity contribution in [1.82, 2.24) is 0 Å². The van der Waals surface area contributed by atoms with Crippen molar-refractivity contribution in [3.63, 3.8) is 0 Å². The summed E-state index contributed by atoms with van der Waals surface area (Å²) >= 11 is 0. The third-order valence-electron chi connectivity index (χ3n) is 3.79. The average Bonchev–Trinajstić information content (AvgIpc) is 2.17. The summed E-state index contributed by atoms with van der Waals surface area (Å²) in [6, 6.07) is 0. The molecule has 1 aromatic carbocycles. The maximum absolute atomic E-state index is 2.26. The van der Waals surface area contributed by atoms with E-state index in [9.17, 15) is 0 Å². The first-order valence-electron chi connectivity index (χ1n) is 6.01. The average molecular weight is 220 g/mol. The minimum Gasteiger partial charge on any atom is -0.327 e. The summed E-state index contributed by atoms with van der Waals surface area (Å²) in [6.07, 6.45) is 0. The Kier molecular flexibility index (Phi) is 3.49. The summed E-state index contributed by atoms with van der Waals surface area (Å²) in [7, 11) is 6.76. The Hall–Kier alpha value is -0.820. The molecule has 0 atom stereocenters. The summed E-state index contributed by atoms with van der Waals surface area (Å²) in [4.78, 5) is 0. The molecule has 0 spiro atoms. The molecule has 1 heteroatoms. The second kappa shape index (κ2) is 4.21. The molecule has 0 aliphatic heterocycles. The molecule has 16 heavy (non-hydrogen) atoms. The number of benzene rings is 1. The van der Waals surface area contributed by atoms with E-state index in [1.165, 1.54) is 33.4 Å². The molecule has 1 nitrogen and oxygen atoms in total. The van der Waals surface area contributed by atoms with Crippen molar-refractivity contribution in [2.75, 3.05) is 21.1 Å². The van der Waals surface area contributed by atoms with Crippen LogP contribution in [-0.2, 0) is 6.54 Å². The van der Waals surface area contributed by atoms with E-state index < -0.39 is 0 Å². The zero-order chi connectivity index (χ0) is 12.7. The van der Waals surface area contributed by atoms with Gasteiger partial charge in [-0.1, -0.05) is 0 Å². The molecule has 1 aromatic rings. The molecule has 1 rings (SSSR count). The molecule has 0 unspecified atom stereocenters. The molecule has 0 saturated carbocycles. The fourth-order valence-corrected chi connectivity index (χ4v) is 2.29. The van der Waals surface area contributed by atoms with Crippen LogP contribution in [0.1, 0.15) is 33.4 Å². The predicted octanol–water partition coefficient (Wildman–Crippen LogP) is 3.43. The number of nitrogens with zero attached hydrogens (tertiary/aromatic N) is 1. The van der Waals surface area contributed by atoms with Crippen LogP contribution in [0.2, 0.25) is 0 Å². The van der Waals surface area contributed by atoms with Gasteiger partial charge in [0, 0.05) is 5.56 Å². The fourth-order valence-electron chi connectivity index (χ4n) is 2.29. The maximum atomic E-state index is 2.26. The first-order valence-corrected chi connectivity index (χ1v) is 6.01. The van der Waals surface area contributed by atoms with Crippen molar-refractivity contribution in [3.8, 4) is 0 Å². The summed E-state index contributed by atoms with van der Waals surface area (Å²) < 4.78 is 0.990. The van der Waals surface area contributed by atoms with Gasteiger partial charge in [-0.25, -0.2) is 0 Å². The molecule has 0 saturated heterocycles. The SMILES string of the molecule is Cc1c(C)c(C)c(C[N+](C)(C)C)c(C)c1C. The van der Waals surface area contributed by atoms with Gasteiger partial charge in [0.15, 0.2) is 0 Å². The summed E-state index contributed by atoms with van der Waals surface area (Å²) in [5.41, 5.74) is 8.88. The van der Waals surface area contributed by atoms with Gasteiger partial charge in [-0.3, -0.25) is 0 Å². The van der Waals surface area contributed by atoms with Gasteiger partial charge in [0.1, 0.15) is 6.54 Å². The zero-order valence-corrected chi connectivity index (χ0v) is 12.2. The van der Waals surface area contributed by atoms with Crippen LogP contribution in [0.3, 0.4) is 0 Å². The van der Waals surface area contributed by atoms with E-state index in [4.69, 9.17) is 0 Å². The van der Waals surface area contributed by atoms with E-state index in [1.807, 2.05) is 0 Å². The van der Waals surface area contributed by atoms with Gasteiger partial charge in [0.25, 0.3) is 0 Å². The quantitative estimate of drug-likeness (QED) is 0.670. The van der Waals surface area contributed by atoms with Crippen molar-refractivity contribution in [3.05, 3.63) is 33.4 Å². The van der Waals surface area contributed by atoms with Crippen LogP contribution in [0.5, 0.6) is 0 Å². The Morgan fingerprint density at radius 1 is 0.625 bits per heavy atom. The fraction of sp³-hybridized carbons (Fsp3) is 0.600. The van der Waals surface area contributed by atoms with E-state index in [0.717, 1.165) is 11.0 Å². The third kappa shape index (κ3) is 2.46. The van der Waals surface area contributed by atoms with Crippen molar-refractivity contribution >= 4 is 0 Å². The predicted molar refractivity (Wildman–Crippen MR) is 71.9 cm³/mol. The second-order valence-corrected chi connectivity index (χ2v) is 6.05. The standard InChI is InChI=1S/C15H26N/c1-10-11(2)13(4)15(9-16(6,7)8)14(5)12(10)3/h9H2,1-8H3/q+1. The van der Waals surface area contributed by atoms with Crippen LogP contribution in [0, 0.1) is 34.6 Å². The molecule has 0 aromatic heterocycles. The van der Waals surface area contributed by atoms with Crippen LogP contribution in [0.4, 0.5) is 0 Å². The van der Waals surface area contributed by atoms with Crippen LogP contribution in [-0.4, -0.2) is 25.6 Å². The lowest BCUT2D eigenvalue weighted by atomic mass is 9.89. The van der Waals surface area contributed by atoms with Gasteiger partial charge < -0.3 is 4.48 Å². The number of hydrogen-bond donors (Lipinski definition) is 0. The lowest BCUT2D eigenvalue weighted by Gasteiger charge is -2.27. The second-order valence-electron chi connectivity index (χ2n) is 6.05. The lowest BCUT2D eigenvalue weighted by molar-refractivity contribution is -0.884. The Bertz CT molecular complexity index is 379. The molecule has 0 heterocycles. The van der Waals surface area contributed by atoms with Gasteiger partial charge in [-0.2, -0.15) is 0 Å². The molecule has 0 aliphatic carbocycles. The summed E-state index contributed by atoms with van der Waals surface area (Å²) in [5, 5.41) is 0. The van der Waals surface area contributed by atoms with Gasteiger partial charge >= 0.3 is 0 Å². The van der Waals surface area contributed by atoms with Crippen molar-refractivity contribution in [1.29, 1.82) is 0 Å². The van der Waals surface area contributed by atoms with Crippen molar-refractivity contribution < 1.29 is 4.48 Å². The first-order chi connectivity index (χ1) is 7.15. The highest BCUT2D eigenvalue weighted by Crippen LogP contribution is 2.27. The topological polar surface area (TPSA) is 0 Å². The highest BCUT2D eigenvalue weighted by atomic mass is 15.3. The molecule has 0 bridgehead atoms. The van der Waals surface area contributed by atoms with Crippen molar-refractivity contribution in [2.45, 2.75) is 41.2 Å². The third-order valence-corrected chi connectivity index (χ3v) is 3.79. The zero-order valence-electron chi connectivity index (χ0n) is 12.2. The molecule has 0 fully saturated rings. The van der Waals surface area contributed by atoms with Crippen LogP contribution >= 0.6 is 0 Å². The van der Waals surface area contributed by atoms with Crippen LogP contribution in [0.25, 0.3) is 0 Å². The summed E-state index contributed by atoms with van der Waals surface area (Å²) in [5.74, 6) is 0. The Morgan fingerprint density at radius 2 is 0.938 bits per heavy atom. The van der Waals surface area contributed by atoms with Crippen molar-refractivity contribution in [2.24, 2.45) is 0 Å². The molecular weight excluding hydrogens is 194 g/mol. The number of hydrogen-bond acceptors (Lipinski definition) is 0. The van der Waals surface area contributed by atoms with Gasteiger partial charge in [0.05, 0.1) is 21.1 Å². The highest BCUT2D eigenvalue weighted by Gasteiger charge is 2.17. The van der Waals surface area contributed by atoms with E-state index in [0.29, 0.717) is 0 Å². The van der Waals surface area contributed by atoms with Crippen LogP contribution in [0.15, 0.2) is 0 Å². The first kappa shape index (κ1) is 13.2. The summed E-state index contributed by atoms with van der Waals surface area (Å²) in [6.45, 7) is 12.4. The van der Waals surface area contributed by atoms with E-state index in [1.54, 1.807) is 0 Å². The molecule has 0 N–H and O–H groups in total. The lowest BCUT2D eigenvalue weighted by Crippen LogP contribution is -2.34. The Balaban J connectivity index is 3.40. The molecule has 90 valence electrons. The molecular formula is C15H26N+. The number of rotatable bonds is 2.